The summed E-state index contributed by atoms with van der Waals surface area (Å²) in [5, 5.41) is 13.3. The Hall–Kier alpha value is -3.20. The molecule has 2 fully saturated rings. The van der Waals surface area contributed by atoms with Crippen LogP contribution in [0, 0.1) is 30.5 Å². The van der Waals surface area contributed by atoms with E-state index in [2.05, 4.69) is 44.2 Å². The molecule has 33 heavy (non-hydrogen) atoms. The van der Waals surface area contributed by atoms with Gasteiger partial charge in [0, 0.05) is 23.5 Å². The van der Waals surface area contributed by atoms with Crippen molar-refractivity contribution in [2.24, 2.45) is 23.5 Å². The molecule has 1 saturated heterocycles. The molecule has 4 atom stereocenters. The fourth-order valence-electron chi connectivity index (χ4n) is 5.31. The van der Waals surface area contributed by atoms with Crippen LogP contribution in [0.25, 0.3) is 0 Å². The molecule has 2 bridgehead atoms. The number of aryl methyl sites for hydroxylation is 1. The van der Waals surface area contributed by atoms with Crippen molar-refractivity contribution >= 4 is 29.0 Å². The number of fused-ring (bicyclic) bond motifs is 2. The standard InChI is InChI=1S/C24H30FN7O/c1-13-10-17(4-5-19(13)29-16-6-8-27-9-7-16)30-24-28-12-18(25)23(32-24)31-21-15-3-2-14(11-15)20(21)22(26)33/h2-5,10,12,14-16,20-21,27,29H,6-9,11H2,1H3,(H2,26,33)(H2,28,30,31,32). The van der Waals surface area contributed by atoms with Gasteiger partial charge in [-0.1, -0.05) is 12.2 Å². The first-order chi connectivity index (χ1) is 16.0. The maximum Gasteiger partial charge on any atom is 0.229 e. The third-order valence-corrected chi connectivity index (χ3v) is 7.02. The summed E-state index contributed by atoms with van der Waals surface area (Å²) in [4.78, 5) is 20.4. The van der Waals surface area contributed by atoms with Crippen LogP contribution in [0.2, 0.25) is 0 Å². The van der Waals surface area contributed by atoms with E-state index in [1.165, 1.54) is 0 Å². The van der Waals surface area contributed by atoms with Crippen molar-refractivity contribution < 1.29 is 9.18 Å². The molecule has 2 aromatic rings. The monoisotopic (exact) mass is 451 g/mol. The number of aromatic nitrogens is 2. The van der Waals surface area contributed by atoms with Crippen LogP contribution in [0.4, 0.5) is 27.5 Å². The molecular weight excluding hydrogens is 421 g/mol. The highest BCUT2D eigenvalue weighted by Gasteiger charge is 2.47. The molecule has 1 amide bonds. The number of hydrogen-bond donors (Lipinski definition) is 5. The van der Waals surface area contributed by atoms with Crippen molar-refractivity contribution in [2.75, 3.05) is 29.0 Å². The smallest absolute Gasteiger partial charge is 0.229 e. The number of amides is 1. The van der Waals surface area contributed by atoms with Gasteiger partial charge >= 0.3 is 0 Å². The van der Waals surface area contributed by atoms with E-state index in [9.17, 15) is 9.18 Å². The lowest BCUT2D eigenvalue weighted by atomic mass is 9.88. The molecule has 3 aliphatic rings. The number of primary amides is 1. The summed E-state index contributed by atoms with van der Waals surface area (Å²) in [7, 11) is 0. The van der Waals surface area contributed by atoms with Crippen LogP contribution >= 0.6 is 0 Å². The molecule has 2 aliphatic carbocycles. The minimum atomic E-state index is -0.562. The number of carbonyl (C=O) groups excluding carboxylic acids is 1. The number of benzene rings is 1. The van der Waals surface area contributed by atoms with Gasteiger partial charge in [-0.05, 0) is 74.9 Å². The number of allylic oxidation sites excluding steroid dienone is 1. The molecule has 0 radical (unpaired) electrons. The van der Waals surface area contributed by atoms with Crippen molar-refractivity contribution in [2.45, 2.75) is 38.3 Å². The van der Waals surface area contributed by atoms with Crippen molar-refractivity contribution in [3.63, 3.8) is 0 Å². The van der Waals surface area contributed by atoms with E-state index in [0.29, 0.717) is 6.04 Å². The zero-order chi connectivity index (χ0) is 22.9. The highest BCUT2D eigenvalue weighted by Crippen LogP contribution is 2.44. The van der Waals surface area contributed by atoms with Gasteiger partial charge in [-0.15, -0.1) is 0 Å². The summed E-state index contributed by atoms with van der Waals surface area (Å²) in [6, 6.07) is 6.23. The number of anilines is 4. The van der Waals surface area contributed by atoms with Crippen molar-refractivity contribution in [1.82, 2.24) is 15.3 Å². The van der Waals surface area contributed by atoms with Crippen LogP contribution in [0.5, 0.6) is 0 Å². The van der Waals surface area contributed by atoms with E-state index in [-0.39, 0.29) is 41.5 Å². The van der Waals surface area contributed by atoms with Crippen LogP contribution in [0.3, 0.4) is 0 Å². The summed E-state index contributed by atoms with van der Waals surface area (Å²) < 4.78 is 14.5. The number of piperidine rings is 1. The summed E-state index contributed by atoms with van der Waals surface area (Å²) in [6.45, 7) is 4.13. The lowest BCUT2D eigenvalue weighted by molar-refractivity contribution is -0.122. The predicted molar refractivity (Wildman–Crippen MR) is 127 cm³/mol. The quantitative estimate of drug-likeness (QED) is 0.411. The molecule has 1 aromatic carbocycles. The van der Waals surface area contributed by atoms with Crippen LogP contribution in [-0.4, -0.2) is 41.0 Å². The number of nitrogens with zero attached hydrogens (tertiary/aromatic N) is 2. The first-order valence-electron chi connectivity index (χ1n) is 11.6. The van der Waals surface area contributed by atoms with Crippen LogP contribution in [0.1, 0.15) is 24.8 Å². The van der Waals surface area contributed by atoms with E-state index >= 15 is 0 Å². The zero-order valence-electron chi connectivity index (χ0n) is 18.6. The number of carbonyl (C=O) groups is 1. The average Bonchev–Trinajstić information content (AvgIpc) is 3.40. The predicted octanol–water partition coefficient (Wildman–Crippen LogP) is 2.92. The van der Waals surface area contributed by atoms with E-state index in [0.717, 1.165) is 55.5 Å². The molecule has 5 rings (SSSR count). The maximum absolute atomic E-state index is 14.5. The molecule has 0 spiro atoms. The van der Waals surface area contributed by atoms with E-state index in [4.69, 9.17) is 5.73 Å². The van der Waals surface area contributed by atoms with Crippen molar-refractivity contribution in [3.8, 4) is 0 Å². The Balaban J connectivity index is 1.29. The van der Waals surface area contributed by atoms with Gasteiger partial charge in [-0.3, -0.25) is 4.79 Å². The average molecular weight is 452 g/mol. The fourth-order valence-corrected chi connectivity index (χ4v) is 5.31. The molecule has 2 heterocycles. The fraction of sp³-hybridized carbons (Fsp3) is 0.458. The topological polar surface area (TPSA) is 117 Å². The minimum absolute atomic E-state index is 0.0746. The third kappa shape index (κ3) is 4.50. The second-order valence-electron chi connectivity index (χ2n) is 9.26. The Kier molecular flexibility index (Phi) is 5.88. The van der Waals surface area contributed by atoms with Gasteiger partial charge in [0.1, 0.15) is 0 Å². The van der Waals surface area contributed by atoms with E-state index in [1.807, 2.05) is 24.3 Å². The largest absolute Gasteiger partial charge is 0.382 e. The molecule has 174 valence electrons. The number of rotatable bonds is 7. The van der Waals surface area contributed by atoms with Gasteiger partial charge in [0.15, 0.2) is 11.6 Å². The van der Waals surface area contributed by atoms with E-state index in [1.54, 1.807) is 0 Å². The molecule has 8 nitrogen and oxygen atoms in total. The van der Waals surface area contributed by atoms with E-state index < -0.39 is 5.82 Å². The number of hydrogen-bond acceptors (Lipinski definition) is 7. The lowest BCUT2D eigenvalue weighted by Crippen LogP contribution is -2.41. The number of halogens is 1. The molecule has 1 aromatic heterocycles. The third-order valence-electron chi connectivity index (χ3n) is 7.02. The lowest BCUT2D eigenvalue weighted by Gasteiger charge is -2.27. The van der Waals surface area contributed by atoms with Gasteiger partial charge < -0.3 is 27.0 Å². The zero-order valence-corrected chi connectivity index (χ0v) is 18.6. The Bertz CT molecular complexity index is 1070. The Labute approximate surface area is 192 Å². The SMILES string of the molecule is Cc1cc(Nc2ncc(F)c(NC3C4C=CC(C4)C3C(N)=O)n2)ccc1NC1CCNCC1. The summed E-state index contributed by atoms with van der Waals surface area (Å²) in [5.74, 6) is -0.696. The van der Waals surface area contributed by atoms with Gasteiger partial charge in [0.25, 0.3) is 0 Å². The molecule has 1 saturated carbocycles. The summed E-state index contributed by atoms with van der Waals surface area (Å²) in [6.07, 6.45) is 8.30. The number of nitrogens with one attached hydrogen (secondary N) is 4. The Morgan fingerprint density at radius 1 is 1.18 bits per heavy atom. The summed E-state index contributed by atoms with van der Waals surface area (Å²) in [5.41, 5.74) is 8.66. The maximum atomic E-state index is 14.5. The first kappa shape index (κ1) is 21.6. The highest BCUT2D eigenvalue weighted by molar-refractivity contribution is 5.79. The second kappa shape index (κ2) is 8.97. The Morgan fingerprint density at radius 2 is 1.97 bits per heavy atom. The minimum Gasteiger partial charge on any atom is -0.382 e. The molecule has 6 N–H and O–H groups in total. The summed E-state index contributed by atoms with van der Waals surface area (Å²) >= 11 is 0. The number of nitrogens with two attached hydrogens (primary N) is 1. The first-order valence-corrected chi connectivity index (χ1v) is 11.6. The Morgan fingerprint density at radius 3 is 2.73 bits per heavy atom. The highest BCUT2D eigenvalue weighted by atomic mass is 19.1. The molecular formula is C24H30FN7O. The van der Waals surface area contributed by atoms with Gasteiger partial charge in [-0.2, -0.15) is 4.98 Å². The van der Waals surface area contributed by atoms with Crippen molar-refractivity contribution in [1.29, 1.82) is 0 Å². The second-order valence-corrected chi connectivity index (χ2v) is 9.26. The molecule has 1 aliphatic heterocycles. The van der Waals surface area contributed by atoms with Crippen molar-refractivity contribution in [3.05, 3.63) is 47.9 Å². The van der Waals surface area contributed by atoms with Crippen LogP contribution in [-0.2, 0) is 4.79 Å². The molecule has 9 heteroatoms. The normalized spacial score (nSPS) is 26.4. The molecule has 4 unspecified atom stereocenters. The van der Waals surface area contributed by atoms with Gasteiger partial charge in [0.2, 0.25) is 11.9 Å². The van der Waals surface area contributed by atoms with Gasteiger partial charge in [0.05, 0.1) is 12.1 Å². The van der Waals surface area contributed by atoms with Crippen LogP contribution in [0.15, 0.2) is 36.5 Å². The van der Waals surface area contributed by atoms with Crippen LogP contribution < -0.4 is 27.0 Å². The van der Waals surface area contributed by atoms with Gasteiger partial charge in [-0.25, -0.2) is 9.37 Å².